The fourth-order valence-electron chi connectivity index (χ4n) is 2.94. The first kappa shape index (κ1) is 21.8. The smallest absolute Gasteiger partial charge is 0.230 e. The Hall–Kier alpha value is -1.54. The summed E-state index contributed by atoms with van der Waals surface area (Å²) < 4.78 is 0. The van der Waals surface area contributed by atoms with Crippen LogP contribution in [-0.4, -0.2) is 64.7 Å². The van der Waals surface area contributed by atoms with Gasteiger partial charge in [0, 0.05) is 44.7 Å². The molecule has 150 valence electrons. The van der Waals surface area contributed by atoms with Crippen molar-refractivity contribution in [3.63, 3.8) is 0 Å². The van der Waals surface area contributed by atoms with Crippen molar-refractivity contribution in [1.29, 1.82) is 0 Å². The average Bonchev–Trinajstić information content (AvgIpc) is 2.65. The quantitative estimate of drug-likeness (QED) is 0.305. The molecule has 1 aromatic rings. The molecule has 1 aliphatic heterocycles. The van der Waals surface area contributed by atoms with Crippen LogP contribution in [0.1, 0.15) is 40.0 Å². The van der Waals surface area contributed by atoms with Crippen molar-refractivity contribution in [2.45, 2.75) is 51.2 Å². The fraction of sp³-hybridized carbons (Fsp3) is 0.667. The second kappa shape index (κ2) is 10.7. The first-order valence-corrected chi connectivity index (χ1v) is 10.8. The molecule has 0 aliphatic carbocycles. The molecule has 2 amide bonds. The Morgan fingerprint density at radius 1 is 1.33 bits per heavy atom. The van der Waals surface area contributed by atoms with Gasteiger partial charge in [0.2, 0.25) is 11.8 Å². The summed E-state index contributed by atoms with van der Waals surface area (Å²) in [7, 11) is 0. The van der Waals surface area contributed by atoms with Gasteiger partial charge in [-0.2, -0.15) is 0 Å². The molecule has 1 N–H and O–H groups in total. The minimum Gasteiger partial charge on any atom is -0.355 e. The molecule has 9 heteroatoms. The van der Waals surface area contributed by atoms with E-state index in [1.807, 2.05) is 18.7 Å². The van der Waals surface area contributed by atoms with Crippen molar-refractivity contribution in [2.75, 3.05) is 36.8 Å². The van der Waals surface area contributed by atoms with Crippen LogP contribution in [0.3, 0.4) is 0 Å². The molecule has 1 atom stereocenters. The maximum absolute atomic E-state index is 12.0. The van der Waals surface area contributed by atoms with Gasteiger partial charge in [-0.3, -0.25) is 9.59 Å². The summed E-state index contributed by atoms with van der Waals surface area (Å²) in [5.74, 6) is 1.14. The Balaban J connectivity index is 1.97. The van der Waals surface area contributed by atoms with E-state index in [4.69, 9.17) is 11.6 Å². The molecule has 7 nitrogen and oxygen atoms in total. The second-order valence-corrected chi connectivity index (χ2v) is 7.89. The Morgan fingerprint density at radius 2 is 2.11 bits per heavy atom. The van der Waals surface area contributed by atoms with Crippen molar-refractivity contribution < 1.29 is 9.59 Å². The van der Waals surface area contributed by atoms with E-state index in [0.29, 0.717) is 42.9 Å². The number of unbranched alkanes of at least 4 members (excludes halogenated alkanes) is 1. The molecule has 0 bridgehead atoms. The van der Waals surface area contributed by atoms with E-state index in [-0.39, 0.29) is 23.6 Å². The van der Waals surface area contributed by atoms with Crippen molar-refractivity contribution >= 4 is 41.0 Å². The van der Waals surface area contributed by atoms with Crippen molar-refractivity contribution in [3.8, 4) is 0 Å². The molecular weight excluding hydrogens is 386 g/mol. The third kappa shape index (κ3) is 6.53. The molecule has 0 spiro atoms. The predicted octanol–water partition coefficient (Wildman–Crippen LogP) is 2.59. The molecule has 0 unspecified atom stereocenters. The van der Waals surface area contributed by atoms with Crippen molar-refractivity contribution in [1.82, 2.24) is 20.2 Å². The SMILES string of the molecule is CCCCNC(=O)CSc1nc(Cl)cc(N2CCN(C(=O)CC)[C@@H](C)C2)n1. The number of hydrogen-bond donors (Lipinski definition) is 1. The van der Waals surface area contributed by atoms with Gasteiger partial charge in [-0.25, -0.2) is 9.97 Å². The Bertz CT molecular complexity index is 661. The van der Waals surface area contributed by atoms with Crippen LogP contribution >= 0.6 is 23.4 Å². The van der Waals surface area contributed by atoms with Gasteiger partial charge in [0.05, 0.1) is 5.75 Å². The highest BCUT2D eigenvalue weighted by atomic mass is 35.5. The van der Waals surface area contributed by atoms with E-state index >= 15 is 0 Å². The molecule has 2 rings (SSSR count). The lowest BCUT2D eigenvalue weighted by molar-refractivity contribution is -0.133. The molecule has 1 aromatic heterocycles. The predicted molar refractivity (Wildman–Crippen MR) is 109 cm³/mol. The molecule has 1 saturated heterocycles. The van der Waals surface area contributed by atoms with Crippen LogP contribution in [0.5, 0.6) is 0 Å². The van der Waals surface area contributed by atoms with Crippen LogP contribution in [-0.2, 0) is 9.59 Å². The number of piperazine rings is 1. The first-order chi connectivity index (χ1) is 12.9. The molecule has 0 saturated carbocycles. The minimum atomic E-state index is -0.0288. The number of nitrogens with zero attached hydrogens (tertiary/aromatic N) is 4. The van der Waals surface area contributed by atoms with Gasteiger partial charge in [-0.05, 0) is 13.3 Å². The van der Waals surface area contributed by atoms with E-state index in [1.54, 1.807) is 6.07 Å². The van der Waals surface area contributed by atoms with Crippen molar-refractivity contribution in [2.24, 2.45) is 0 Å². The van der Waals surface area contributed by atoms with E-state index in [2.05, 4.69) is 27.1 Å². The zero-order valence-electron chi connectivity index (χ0n) is 16.2. The van der Waals surface area contributed by atoms with Gasteiger partial charge in [-0.15, -0.1) is 0 Å². The third-order valence-corrected chi connectivity index (χ3v) is 5.46. The Kier molecular flexibility index (Phi) is 8.63. The molecule has 0 radical (unpaired) electrons. The maximum atomic E-state index is 12.0. The fourth-order valence-corrected chi connectivity index (χ4v) is 3.85. The topological polar surface area (TPSA) is 78.4 Å². The molecular formula is C18H28ClN5O2S. The molecule has 0 aromatic carbocycles. The average molecular weight is 414 g/mol. The first-order valence-electron chi connectivity index (χ1n) is 9.43. The van der Waals surface area contributed by atoms with Crippen LogP contribution in [0, 0.1) is 0 Å². The van der Waals surface area contributed by atoms with Crippen LogP contribution in [0.15, 0.2) is 11.2 Å². The molecule has 2 heterocycles. The third-order valence-electron chi connectivity index (χ3n) is 4.42. The van der Waals surface area contributed by atoms with Crippen LogP contribution < -0.4 is 10.2 Å². The lowest BCUT2D eigenvalue weighted by Crippen LogP contribution is -2.54. The second-order valence-electron chi connectivity index (χ2n) is 6.56. The summed E-state index contributed by atoms with van der Waals surface area (Å²) in [6.07, 6.45) is 2.54. The van der Waals surface area contributed by atoms with Gasteiger partial charge in [-0.1, -0.05) is 43.6 Å². The van der Waals surface area contributed by atoms with Gasteiger partial charge < -0.3 is 15.1 Å². The van der Waals surface area contributed by atoms with E-state index < -0.39 is 0 Å². The number of amides is 2. The molecule has 1 aliphatic rings. The van der Waals surface area contributed by atoms with Crippen LogP contribution in [0.4, 0.5) is 5.82 Å². The zero-order chi connectivity index (χ0) is 19.8. The van der Waals surface area contributed by atoms with E-state index in [0.717, 1.165) is 18.7 Å². The normalized spacial score (nSPS) is 17.1. The highest BCUT2D eigenvalue weighted by Crippen LogP contribution is 2.24. The highest BCUT2D eigenvalue weighted by molar-refractivity contribution is 7.99. The van der Waals surface area contributed by atoms with Gasteiger partial charge in [0.15, 0.2) is 5.16 Å². The van der Waals surface area contributed by atoms with Crippen LogP contribution in [0.25, 0.3) is 0 Å². The van der Waals surface area contributed by atoms with Gasteiger partial charge >= 0.3 is 0 Å². The number of carbonyl (C=O) groups excluding carboxylic acids is 2. The van der Waals surface area contributed by atoms with Crippen LogP contribution in [0.2, 0.25) is 5.15 Å². The number of carbonyl (C=O) groups is 2. The number of halogens is 1. The standard InChI is InChI=1S/C18H28ClN5O2S/c1-4-6-7-20-16(25)12-27-18-21-14(19)10-15(22-18)23-8-9-24(13(3)11-23)17(26)5-2/h10,13H,4-9,11-12H2,1-3H3,(H,20,25)/t13-/m0/s1. The highest BCUT2D eigenvalue weighted by Gasteiger charge is 2.27. The lowest BCUT2D eigenvalue weighted by atomic mass is 10.1. The van der Waals surface area contributed by atoms with Gasteiger partial charge in [0.1, 0.15) is 11.0 Å². The zero-order valence-corrected chi connectivity index (χ0v) is 17.8. The van der Waals surface area contributed by atoms with Gasteiger partial charge in [0.25, 0.3) is 0 Å². The summed E-state index contributed by atoms with van der Waals surface area (Å²) in [5.41, 5.74) is 0. The number of rotatable bonds is 8. The van der Waals surface area contributed by atoms with E-state index in [1.165, 1.54) is 11.8 Å². The van der Waals surface area contributed by atoms with E-state index in [9.17, 15) is 9.59 Å². The summed E-state index contributed by atoms with van der Waals surface area (Å²) >= 11 is 7.45. The summed E-state index contributed by atoms with van der Waals surface area (Å²) in [4.78, 5) is 36.7. The lowest BCUT2D eigenvalue weighted by Gasteiger charge is -2.40. The number of nitrogens with one attached hydrogen (secondary N) is 1. The monoisotopic (exact) mass is 413 g/mol. The number of anilines is 1. The van der Waals surface area contributed by atoms with Crippen molar-refractivity contribution in [3.05, 3.63) is 11.2 Å². The summed E-state index contributed by atoms with van der Waals surface area (Å²) in [6, 6.07) is 1.84. The number of thioether (sulfide) groups is 1. The molecule has 1 fully saturated rings. The Labute approximate surface area is 170 Å². The largest absolute Gasteiger partial charge is 0.355 e. The maximum Gasteiger partial charge on any atom is 0.230 e. The molecule has 27 heavy (non-hydrogen) atoms. The minimum absolute atomic E-state index is 0.0288. The number of hydrogen-bond acceptors (Lipinski definition) is 6. The summed E-state index contributed by atoms with van der Waals surface area (Å²) in [5, 5.41) is 3.72. The number of aromatic nitrogens is 2. The Morgan fingerprint density at radius 3 is 2.78 bits per heavy atom. The summed E-state index contributed by atoms with van der Waals surface area (Å²) in [6.45, 7) is 8.76.